The molecule has 0 saturated carbocycles. The van der Waals surface area contributed by atoms with E-state index in [1.165, 1.54) is 4.90 Å². The molecule has 0 aliphatic carbocycles. The smallest absolute Gasteiger partial charge is 0.237 e. The van der Waals surface area contributed by atoms with Crippen LogP contribution in [0.4, 0.5) is 0 Å². The third-order valence-electron chi connectivity index (χ3n) is 3.35. The van der Waals surface area contributed by atoms with Crippen LogP contribution in [0, 0.1) is 0 Å². The molecule has 1 heterocycles. The topological polar surface area (TPSA) is 57.6 Å². The Kier molecular flexibility index (Phi) is 5.61. The van der Waals surface area contributed by atoms with Crippen molar-refractivity contribution in [3.05, 3.63) is 35.9 Å². The summed E-state index contributed by atoms with van der Waals surface area (Å²) in [5.41, 5.74) is 0.918. The predicted octanol–water partition coefficient (Wildman–Crippen LogP) is 1.64. The maximum atomic E-state index is 12.3. The van der Waals surface area contributed by atoms with Crippen molar-refractivity contribution in [2.45, 2.75) is 18.8 Å². The number of likely N-dealkylation sites (tertiary alicyclic amines) is 1. The van der Waals surface area contributed by atoms with Gasteiger partial charge in [0.25, 0.3) is 0 Å². The number of aliphatic hydroxyl groups excluding tert-OH is 1. The van der Waals surface area contributed by atoms with E-state index in [-0.39, 0.29) is 30.8 Å². The first-order valence-corrected chi connectivity index (χ1v) is 7.97. The van der Waals surface area contributed by atoms with Gasteiger partial charge in [-0.3, -0.25) is 14.5 Å². The maximum absolute atomic E-state index is 12.3. The largest absolute Gasteiger partial charge is 0.396 e. The number of amides is 2. The highest BCUT2D eigenvalue weighted by Crippen LogP contribution is 2.29. The van der Waals surface area contributed by atoms with Crippen LogP contribution in [0.1, 0.15) is 24.3 Å². The van der Waals surface area contributed by atoms with Crippen LogP contribution in [0.5, 0.6) is 0 Å². The van der Waals surface area contributed by atoms with Gasteiger partial charge in [0.1, 0.15) is 0 Å². The van der Waals surface area contributed by atoms with Gasteiger partial charge in [-0.05, 0) is 17.7 Å². The van der Waals surface area contributed by atoms with Crippen LogP contribution in [-0.4, -0.2) is 46.5 Å². The van der Waals surface area contributed by atoms with Gasteiger partial charge in [-0.2, -0.15) is 11.8 Å². The zero-order chi connectivity index (χ0) is 14.4. The van der Waals surface area contributed by atoms with Gasteiger partial charge < -0.3 is 5.11 Å². The molecule has 1 aromatic rings. The Morgan fingerprint density at radius 2 is 1.95 bits per heavy atom. The minimum Gasteiger partial charge on any atom is -0.396 e. The molecule has 1 saturated heterocycles. The Hall–Kier alpha value is -1.33. The third-order valence-corrected chi connectivity index (χ3v) is 4.40. The number of hydrogen-bond donors (Lipinski definition) is 1. The lowest BCUT2D eigenvalue weighted by Gasteiger charge is -2.14. The number of hydrogen-bond acceptors (Lipinski definition) is 4. The first-order valence-electron chi connectivity index (χ1n) is 6.82. The van der Waals surface area contributed by atoms with E-state index in [2.05, 4.69) is 0 Å². The molecular formula is C15H19NO3S. The molecule has 5 heteroatoms. The summed E-state index contributed by atoms with van der Waals surface area (Å²) in [6.07, 6.45) is 1.03. The molecule has 108 valence electrons. The predicted molar refractivity (Wildman–Crippen MR) is 79.5 cm³/mol. The molecule has 1 N–H and O–H groups in total. The third kappa shape index (κ3) is 3.61. The summed E-state index contributed by atoms with van der Waals surface area (Å²) >= 11 is 1.66. The molecule has 1 aromatic carbocycles. The molecular weight excluding hydrogens is 274 g/mol. The summed E-state index contributed by atoms with van der Waals surface area (Å²) in [5.74, 6) is 1.12. The number of carbonyl (C=O) groups is 2. The van der Waals surface area contributed by atoms with E-state index in [1.807, 2.05) is 30.3 Å². The Bertz CT molecular complexity index is 463. The molecule has 0 aromatic heterocycles. The summed E-state index contributed by atoms with van der Waals surface area (Å²) < 4.78 is 0. The van der Waals surface area contributed by atoms with Gasteiger partial charge in [0.05, 0.1) is 5.92 Å². The molecule has 0 spiro atoms. The molecule has 20 heavy (non-hydrogen) atoms. The fourth-order valence-electron chi connectivity index (χ4n) is 2.29. The van der Waals surface area contributed by atoms with E-state index in [1.54, 1.807) is 11.8 Å². The molecule has 1 fully saturated rings. The molecule has 2 rings (SSSR count). The van der Waals surface area contributed by atoms with Crippen LogP contribution in [0.3, 0.4) is 0 Å². The zero-order valence-corrected chi connectivity index (χ0v) is 12.1. The first kappa shape index (κ1) is 15.1. The van der Waals surface area contributed by atoms with Gasteiger partial charge in [-0.15, -0.1) is 0 Å². The van der Waals surface area contributed by atoms with Gasteiger partial charge in [-0.25, -0.2) is 0 Å². The first-order chi connectivity index (χ1) is 9.74. The number of nitrogens with zero attached hydrogens (tertiary/aromatic N) is 1. The van der Waals surface area contributed by atoms with Crippen molar-refractivity contribution >= 4 is 23.6 Å². The van der Waals surface area contributed by atoms with Crippen LogP contribution >= 0.6 is 11.8 Å². The van der Waals surface area contributed by atoms with Crippen molar-refractivity contribution in [1.82, 2.24) is 4.90 Å². The van der Waals surface area contributed by atoms with Crippen LogP contribution in [0.2, 0.25) is 0 Å². The average Bonchev–Trinajstić information content (AvgIpc) is 2.75. The number of imide groups is 1. The van der Waals surface area contributed by atoms with Crippen LogP contribution < -0.4 is 0 Å². The maximum Gasteiger partial charge on any atom is 0.237 e. The summed E-state index contributed by atoms with van der Waals surface area (Å²) in [5, 5.41) is 8.69. The van der Waals surface area contributed by atoms with E-state index in [9.17, 15) is 9.59 Å². The molecule has 1 aliphatic rings. The molecule has 0 radical (unpaired) electrons. The van der Waals surface area contributed by atoms with Crippen molar-refractivity contribution < 1.29 is 14.7 Å². The molecule has 0 bridgehead atoms. The number of thioether (sulfide) groups is 1. The fraction of sp³-hybridized carbons (Fsp3) is 0.467. The summed E-state index contributed by atoms with van der Waals surface area (Å²) in [4.78, 5) is 25.6. The lowest BCUT2D eigenvalue weighted by Crippen LogP contribution is -2.32. The summed E-state index contributed by atoms with van der Waals surface area (Å²) in [7, 11) is 0. The standard InChI is InChI=1S/C15H19NO3S/c17-8-4-9-20-10-7-16-14(18)11-13(15(16)19)12-5-2-1-3-6-12/h1-3,5-6,13,17H,4,7-11H2. The Morgan fingerprint density at radius 3 is 2.65 bits per heavy atom. The summed E-state index contributed by atoms with van der Waals surface area (Å²) in [6.45, 7) is 0.655. The minimum absolute atomic E-state index is 0.0772. The quantitative estimate of drug-likeness (QED) is 0.613. The number of benzene rings is 1. The minimum atomic E-state index is -0.314. The Morgan fingerprint density at radius 1 is 1.20 bits per heavy atom. The van der Waals surface area contributed by atoms with Crippen molar-refractivity contribution in [3.63, 3.8) is 0 Å². The van der Waals surface area contributed by atoms with E-state index in [0.29, 0.717) is 6.54 Å². The molecule has 1 unspecified atom stereocenters. The molecule has 1 aliphatic heterocycles. The van der Waals surface area contributed by atoms with Gasteiger partial charge in [0.15, 0.2) is 0 Å². The van der Waals surface area contributed by atoms with E-state index >= 15 is 0 Å². The van der Waals surface area contributed by atoms with Crippen molar-refractivity contribution in [2.24, 2.45) is 0 Å². The molecule has 2 amide bonds. The van der Waals surface area contributed by atoms with Crippen molar-refractivity contribution in [2.75, 3.05) is 24.7 Å². The molecule has 1 atom stereocenters. The highest BCUT2D eigenvalue weighted by Gasteiger charge is 2.38. The van der Waals surface area contributed by atoms with E-state index in [0.717, 1.165) is 23.5 Å². The lowest BCUT2D eigenvalue weighted by molar-refractivity contribution is -0.138. The van der Waals surface area contributed by atoms with Crippen molar-refractivity contribution in [3.8, 4) is 0 Å². The normalized spacial score (nSPS) is 18.9. The van der Waals surface area contributed by atoms with Crippen LogP contribution in [0.15, 0.2) is 30.3 Å². The second-order valence-corrected chi connectivity index (χ2v) is 5.97. The van der Waals surface area contributed by atoms with E-state index < -0.39 is 0 Å². The van der Waals surface area contributed by atoms with Gasteiger partial charge in [0, 0.05) is 25.3 Å². The second kappa shape index (κ2) is 7.45. The van der Waals surface area contributed by atoms with Gasteiger partial charge >= 0.3 is 0 Å². The van der Waals surface area contributed by atoms with E-state index in [4.69, 9.17) is 5.11 Å². The van der Waals surface area contributed by atoms with Gasteiger partial charge in [-0.1, -0.05) is 30.3 Å². The SMILES string of the molecule is O=C1CC(c2ccccc2)C(=O)N1CCSCCCO. The highest BCUT2D eigenvalue weighted by atomic mass is 32.2. The second-order valence-electron chi connectivity index (χ2n) is 4.74. The Balaban J connectivity index is 1.89. The van der Waals surface area contributed by atoms with Crippen molar-refractivity contribution in [1.29, 1.82) is 0 Å². The fourth-order valence-corrected chi connectivity index (χ4v) is 3.14. The zero-order valence-electron chi connectivity index (χ0n) is 11.3. The highest BCUT2D eigenvalue weighted by molar-refractivity contribution is 7.99. The Labute approximate surface area is 123 Å². The number of carbonyl (C=O) groups excluding carboxylic acids is 2. The van der Waals surface area contributed by atoms with Gasteiger partial charge in [0.2, 0.25) is 11.8 Å². The monoisotopic (exact) mass is 293 g/mol. The number of aliphatic hydroxyl groups is 1. The summed E-state index contributed by atoms with van der Waals surface area (Å²) in [6, 6.07) is 9.48. The number of rotatable bonds is 7. The van der Waals surface area contributed by atoms with Crippen LogP contribution in [-0.2, 0) is 9.59 Å². The molecule has 4 nitrogen and oxygen atoms in total. The van der Waals surface area contributed by atoms with Crippen LogP contribution in [0.25, 0.3) is 0 Å². The lowest BCUT2D eigenvalue weighted by atomic mass is 9.98. The average molecular weight is 293 g/mol.